The van der Waals surface area contributed by atoms with Crippen LogP contribution < -0.4 is 16.0 Å². The molecule has 0 bridgehead atoms. The monoisotopic (exact) mass is 736 g/mol. The van der Waals surface area contributed by atoms with Crippen LogP contribution in [0.15, 0.2) is 54.6 Å². The number of carbonyl (C=O) groups is 3. The molecule has 3 rings (SSSR count). The molecule has 1 saturated heterocycles. The predicted octanol–water partition coefficient (Wildman–Crippen LogP) is 7.42. The molecule has 3 amide bonds. The lowest BCUT2D eigenvalue weighted by molar-refractivity contribution is -0.139. The number of ether oxygens (including phenoxy) is 1. The molecule has 290 valence electrons. The van der Waals surface area contributed by atoms with Gasteiger partial charge in [0.2, 0.25) is 11.8 Å². The van der Waals surface area contributed by atoms with E-state index in [9.17, 15) is 14.4 Å². The Morgan fingerprint density at radius 3 is 2.17 bits per heavy atom. The van der Waals surface area contributed by atoms with Crippen LogP contribution in [0.1, 0.15) is 90.3 Å². The summed E-state index contributed by atoms with van der Waals surface area (Å²) in [4.78, 5) is 43.8. The van der Waals surface area contributed by atoms with Crippen LogP contribution in [0.2, 0.25) is 18.1 Å². The molecule has 3 N–H and O–H groups in total. The van der Waals surface area contributed by atoms with Crippen molar-refractivity contribution in [1.82, 2.24) is 20.9 Å². The van der Waals surface area contributed by atoms with Crippen LogP contribution in [0.5, 0.6) is 0 Å². The summed E-state index contributed by atoms with van der Waals surface area (Å²) in [7, 11) is -0.458. The van der Waals surface area contributed by atoms with Gasteiger partial charge in [0.1, 0.15) is 6.04 Å². The average Bonchev–Trinajstić information content (AvgIpc) is 3.09. The van der Waals surface area contributed by atoms with Gasteiger partial charge in [-0.25, -0.2) is 4.79 Å². The number of piperidine rings is 1. The summed E-state index contributed by atoms with van der Waals surface area (Å²) in [6, 6.07) is 17.6. The van der Waals surface area contributed by atoms with Crippen LogP contribution in [0.25, 0.3) is 0 Å². The van der Waals surface area contributed by atoms with Crippen molar-refractivity contribution in [2.75, 3.05) is 26.7 Å². The van der Waals surface area contributed by atoms with Gasteiger partial charge >= 0.3 is 6.09 Å². The number of nitrogens with zero attached hydrogens (tertiary/aromatic N) is 1. The first-order valence-electron chi connectivity index (χ1n) is 19.5. The third-order valence-electron chi connectivity index (χ3n) is 10.9. The Morgan fingerprint density at radius 1 is 0.942 bits per heavy atom. The van der Waals surface area contributed by atoms with E-state index < -0.39 is 38.5 Å². The highest BCUT2D eigenvalue weighted by atomic mass is 28.4. The Morgan fingerprint density at radius 2 is 1.60 bits per heavy atom. The molecule has 1 fully saturated rings. The highest BCUT2D eigenvalue weighted by Gasteiger charge is 2.43. The molecule has 0 aliphatic carbocycles. The smallest absolute Gasteiger partial charge is 0.407 e. The minimum atomic E-state index is -2.42. The van der Waals surface area contributed by atoms with Crippen molar-refractivity contribution in [3.8, 4) is 0 Å². The first-order chi connectivity index (χ1) is 24.5. The molecule has 0 spiro atoms. The molecule has 2 aromatic rings. The van der Waals surface area contributed by atoms with E-state index in [1.807, 2.05) is 50.1 Å². The standard InChI is InChI=1S/C42H68N4O5Si/c1-11-12-25-50-41(49)44-36(28-32-18-14-13-15-19-32)37(51-52(9,10)42(5,6)7)29-34(27-33-20-16-17-31(4)26-33)39(47)45-38(30(2)3)40(48)46-23-21-35(43-8)22-24-46/h13-20,26,30,34-38,43H,11-12,21-25,27-29H2,1-10H3,(H,44,49)(H,45,47). The second-order valence-electron chi connectivity index (χ2n) is 16.6. The fraction of sp³-hybridized carbons (Fsp3) is 0.643. The summed E-state index contributed by atoms with van der Waals surface area (Å²) in [5.74, 6) is -0.828. The molecule has 0 aromatic heterocycles. The SMILES string of the molecule is CCCCOC(=O)NC(Cc1ccccc1)C(CC(Cc1cccc(C)c1)C(=O)NC(C(=O)N1CCC(NC)CC1)C(C)C)O[Si](C)(C)C(C)(C)C. The van der Waals surface area contributed by atoms with Gasteiger partial charge in [0, 0.05) is 25.0 Å². The number of benzene rings is 2. The number of hydrogen-bond donors (Lipinski definition) is 3. The molecule has 52 heavy (non-hydrogen) atoms. The average molecular weight is 737 g/mol. The van der Waals surface area contributed by atoms with E-state index in [1.54, 1.807) is 0 Å². The normalized spacial score (nSPS) is 16.6. The van der Waals surface area contributed by atoms with Gasteiger partial charge < -0.3 is 30.0 Å². The highest BCUT2D eigenvalue weighted by Crippen LogP contribution is 2.39. The Hall–Kier alpha value is -3.21. The number of likely N-dealkylation sites (tertiary alicyclic amines) is 1. The molecule has 0 radical (unpaired) electrons. The molecule has 2 aromatic carbocycles. The number of carbonyl (C=O) groups excluding carboxylic acids is 3. The van der Waals surface area contributed by atoms with Crippen molar-refractivity contribution in [2.45, 2.75) is 136 Å². The summed E-state index contributed by atoms with van der Waals surface area (Å²) in [5.41, 5.74) is 3.21. The molecule has 4 unspecified atom stereocenters. The molecule has 1 aliphatic heterocycles. The topological polar surface area (TPSA) is 109 Å². The molecular weight excluding hydrogens is 669 g/mol. The van der Waals surface area contributed by atoms with Gasteiger partial charge in [-0.3, -0.25) is 9.59 Å². The second-order valence-corrected chi connectivity index (χ2v) is 21.3. The van der Waals surface area contributed by atoms with E-state index >= 15 is 0 Å². The van der Waals surface area contributed by atoms with E-state index in [-0.39, 0.29) is 22.8 Å². The van der Waals surface area contributed by atoms with E-state index in [0.717, 1.165) is 42.4 Å². The lowest BCUT2D eigenvalue weighted by Gasteiger charge is -2.42. The molecule has 1 aliphatic rings. The minimum Gasteiger partial charge on any atom is -0.450 e. The Balaban J connectivity index is 2.03. The van der Waals surface area contributed by atoms with Gasteiger partial charge in [0.25, 0.3) is 0 Å². The van der Waals surface area contributed by atoms with Gasteiger partial charge in [0.15, 0.2) is 8.32 Å². The number of rotatable bonds is 18. The second kappa shape index (κ2) is 20.3. The summed E-state index contributed by atoms with van der Waals surface area (Å²) in [5, 5.41) is 9.63. The molecule has 10 heteroatoms. The molecular formula is C42H68N4O5Si. The Labute approximate surface area is 315 Å². The van der Waals surface area contributed by atoms with E-state index in [2.05, 4.69) is 94.0 Å². The number of hydrogen-bond acceptors (Lipinski definition) is 6. The minimum absolute atomic E-state index is 0.0280. The number of unbranched alkanes of at least 4 members (excludes halogenated alkanes) is 1. The fourth-order valence-electron chi connectivity index (χ4n) is 6.55. The van der Waals surface area contributed by atoms with Crippen LogP contribution in [0.3, 0.4) is 0 Å². The Kier molecular flexibility index (Phi) is 16.9. The number of aryl methyl sites for hydroxylation is 1. The lowest BCUT2D eigenvalue weighted by Crippen LogP contribution is -2.56. The maximum atomic E-state index is 14.7. The lowest BCUT2D eigenvalue weighted by atomic mass is 9.87. The van der Waals surface area contributed by atoms with Crippen molar-refractivity contribution in [3.63, 3.8) is 0 Å². The molecule has 0 saturated carbocycles. The predicted molar refractivity (Wildman–Crippen MR) is 214 cm³/mol. The van der Waals surface area contributed by atoms with Crippen LogP contribution in [0.4, 0.5) is 4.79 Å². The number of alkyl carbamates (subject to hydrolysis) is 1. The van der Waals surface area contributed by atoms with Crippen molar-refractivity contribution < 1.29 is 23.5 Å². The van der Waals surface area contributed by atoms with Gasteiger partial charge in [-0.05, 0) is 87.7 Å². The van der Waals surface area contributed by atoms with Crippen LogP contribution in [-0.2, 0) is 31.6 Å². The quantitative estimate of drug-likeness (QED) is 0.109. The largest absolute Gasteiger partial charge is 0.450 e. The van der Waals surface area contributed by atoms with E-state index in [1.165, 1.54) is 0 Å². The van der Waals surface area contributed by atoms with E-state index in [0.29, 0.717) is 45.0 Å². The number of nitrogens with one attached hydrogen (secondary N) is 3. The van der Waals surface area contributed by atoms with Crippen molar-refractivity contribution in [1.29, 1.82) is 0 Å². The summed E-state index contributed by atoms with van der Waals surface area (Å²) in [6.07, 6.45) is 3.82. The zero-order chi connectivity index (χ0) is 38.5. The van der Waals surface area contributed by atoms with Gasteiger partial charge in [-0.15, -0.1) is 0 Å². The van der Waals surface area contributed by atoms with Crippen LogP contribution in [0, 0.1) is 18.8 Å². The van der Waals surface area contributed by atoms with Crippen LogP contribution >= 0.6 is 0 Å². The Bertz CT molecular complexity index is 1400. The maximum absolute atomic E-state index is 14.7. The zero-order valence-electron chi connectivity index (χ0n) is 33.7. The highest BCUT2D eigenvalue weighted by molar-refractivity contribution is 6.74. The zero-order valence-corrected chi connectivity index (χ0v) is 34.7. The summed E-state index contributed by atoms with van der Waals surface area (Å²) >= 11 is 0. The molecule has 4 atom stereocenters. The first-order valence-corrected chi connectivity index (χ1v) is 22.4. The van der Waals surface area contributed by atoms with Crippen LogP contribution in [-0.4, -0.2) is 82.1 Å². The van der Waals surface area contributed by atoms with Crippen molar-refractivity contribution in [2.24, 2.45) is 11.8 Å². The number of amides is 3. The van der Waals surface area contributed by atoms with Gasteiger partial charge in [-0.2, -0.15) is 0 Å². The maximum Gasteiger partial charge on any atom is 0.407 e. The molecule has 1 heterocycles. The summed E-state index contributed by atoms with van der Waals surface area (Å²) in [6.45, 7) is 20.8. The van der Waals surface area contributed by atoms with Crippen molar-refractivity contribution >= 4 is 26.2 Å². The van der Waals surface area contributed by atoms with Crippen molar-refractivity contribution in [3.05, 3.63) is 71.3 Å². The third-order valence-corrected chi connectivity index (χ3v) is 15.4. The molecule has 9 nitrogen and oxygen atoms in total. The fourth-order valence-corrected chi connectivity index (χ4v) is 7.92. The van der Waals surface area contributed by atoms with E-state index in [4.69, 9.17) is 9.16 Å². The first kappa shape index (κ1) is 43.2. The van der Waals surface area contributed by atoms with Gasteiger partial charge in [0.05, 0.1) is 18.8 Å². The van der Waals surface area contributed by atoms with Gasteiger partial charge in [-0.1, -0.05) is 108 Å². The summed E-state index contributed by atoms with van der Waals surface area (Å²) < 4.78 is 12.8. The third kappa shape index (κ3) is 13.3.